The third kappa shape index (κ3) is 6.17. The SMILES string of the molecule is CC(C)(C)c1ccc2[cH-]c3ccc(C(C)(C)C)cc3c2c1.CC1[C-]=CC(C(C)(C)C)=C1.[Zr+2]. The molecule has 0 bridgehead atoms. The van der Waals surface area contributed by atoms with E-state index in [4.69, 9.17) is 0 Å². The Balaban J connectivity index is 0.000000280. The zero-order chi connectivity index (χ0) is 23.2. The van der Waals surface area contributed by atoms with E-state index >= 15 is 0 Å². The molecule has 0 fully saturated rings. The monoisotopic (exact) mass is 502 g/mol. The Kier molecular flexibility index (Phi) is 7.99. The van der Waals surface area contributed by atoms with Crippen molar-refractivity contribution in [2.45, 2.75) is 80.1 Å². The van der Waals surface area contributed by atoms with Crippen LogP contribution >= 0.6 is 0 Å². The van der Waals surface area contributed by atoms with Crippen molar-refractivity contribution in [3.05, 3.63) is 77.4 Å². The summed E-state index contributed by atoms with van der Waals surface area (Å²) < 4.78 is 0. The Hall–Kier alpha value is -1.33. The molecule has 0 heterocycles. The van der Waals surface area contributed by atoms with Gasteiger partial charge in [0, 0.05) is 0 Å². The second kappa shape index (κ2) is 9.50. The molecule has 0 aliphatic heterocycles. The number of benzene rings is 2. The largest absolute Gasteiger partial charge is 2.00 e. The minimum atomic E-state index is 0. The molecule has 4 rings (SSSR count). The van der Waals surface area contributed by atoms with E-state index in [9.17, 15) is 0 Å². The molecule has 1 aliphatic carbocycles. The number of hydrogen-bond acceptors (Lipinski definition) is 0. The summed E-state index contributed by atoms with van der Waals surface area (Å²) in [4.78, 5) is 0. The Labute approximate surface area is 215 Å². The first-order valence-corrected chi connectivity index (χ1v) is 11.6. The van der Waals surface area contributed by atoms with Gasteiger partial charge in [-0.05, 0) is 10.8 Å². The van der Waals surface area contributed by atoms with E-state index < -0.39 is 0 Å². The van der Waals surface area contributed by atoms with Crippen LogP contribution < -0.4 is 0 Å². The van der Waals surface area contributed by atoms with Crippen LogP contribution in [0.15, 0.2) is 60.2 Å². The molecule has 1 atom stereocenters. The van der Waals surface area contributed by atoms with E-state index in [1.807, 2.05) is 0 Å². The molecule has 0 spiro atoms. The van der Waals surface area contributed by atoms with Crippen LogP contribution in [0.3, 0.4) is 0 Å². The maximum Gasteiger partial charge on any atom is 2.00 e. The van der Waals surface area contributed by atoms with Crippen molar-refractivity contribution in [3.63, 3.8) is 0 Å². The molecule has 32 heavy (non-hydrogen) atoms. The molecule has 1 aliphatic rings. The van der Waals surface area contributed by atoms with Gasteiger partial charge in [-0.3, -0.25) is 6.08 Å². The Morgan fingerprint density at radius 1 is 0.688 bits per heavy atom. The van der Waals surface area contributed by atoms with Gasteiger partial charge >= 0.3 is 26.2 Å². The first-order valence-electron chi connectivity index (χ1n) is 11.6. The summed E-state index contributed by atoms with van der Waals surface area (Å²) in [5, 5.41) is 5.49. The fraction of sp³-hybridized carbons (Fsp3) is 0.452. The second-order valence-corrected chi connectivity index (χ2v) is 12.2. The van der Waals surface area contributed by atoms with E-state index in [0.29, 0.717) is 11.3 Å². The van der Waals surface area contributed by atoms with Crippen molar-refractivity contribution in [1.29, 1.82) is 0 Å². The maximum absolute atomic E-state index is 3.26. The van der Waals surface area contributed by atoms with Crippen LogP contribution in [0.1, 0.15) is 80.4 Å². The number of allylic oxidation sites excluding steroid dienone is 4. The predicted octanol–water partition coefficient (Wildman–Crippen LogP) is 9.27. The fourth-order valence-corrected chi connectivity index (χ4v) is 3.98. The van der Waals surface area contributed by atoms with Gasteiger partial charge in [0.1, 0.15) is 0 Å². The molecule has 1 unspecified atom stereocenters. The maximum atomic E-state index is 3.26. The first-order chi connectivity index (χ1) is 14.2. The van der Waals surface area contributed by atoms with Gasteiger partial charge in [0.15, 0.2) is 0 Å². The van der Waals surface area contributed by atoms with E-state index in [1.165, 1.54) is 38.2 Å². The molecule has 3 aromatic rings. The van der Waals surface area contributed by atoms with Crippen LogP contribution in [0, 0.1) is 17.4 Å². The normalized spacial score (nSPS) is 16.6. The molecular weight excluding hydrogens is 464 g/mol. The molecule has 168 valence electrons. The Morgan fingerprint density at radius 3 is 1.41 bits per heavy atom. The molecule has 0 radical (unpaired) electrons. The van der Waals surface area contributed by atoms with Crippen molar-refractivity contribution in [3.8, 4) is 0 Å². The zero-order valence-corrected chi connectivity index (χ0v) is 24.2. The smallest absolute Gasteiger partial charge is 0.270 e. The van der Waals surface area contributed by atoms with Crippen LogP contribution in [0.5, 0.6) is 0 Å². The molecule has 0 saturated carbocycles. The van der Waals surface area contributed by atoms with Crippen LogP contribution in [0.2, 0.25) is 0 Å². The van der Waals surface area contributed by atoms with E-state index in [2.05, 4.69) is 130 Å². The zero-order valence-electron chi connectivity index (χ0n) is 21.8. The van der Waals surface area contributed by atoms with Gasteiger partial charge in [0.05, 0.1) is 0 Å². The number of fused-ring (bicyclic) bond motifs is 3. The van der Waals surface area contributed by atoms with Crippen molar-refractivity contribution in [2.75, 3.05) is 0 Å². The van der Waals surface area contributed by atoms with Crippen LogP contribution in [0.4, 0.5) is 0 Å². The molecule has 0 saturated heterocycles. The third-order valence-electron chi connectivity index (χ3n) is 6.24. The van der Waals surface area contributed by atoms with Gasteiger partial charge in [-0.15, -0.1) is 39.7 Å². The van der Waals surface area contributed by atoms with E-state index in [1.54, 1.807) is 0 Å². The summed E-state index contributed by atoms with van der Waals surface area (Å²) >= 11 is 0. The average Bonchev–Trinajstić information content (AvgIpc) is 3.23. The van der Waals surface area contributed by atoms with Gasteiger partial charge in [-0.25, -0.2) is 6.08 Å². The molecule has 0 N–H and O–H groups in total. The van der Waals surface area contributed by atoms with Crippen molar-refractivity contribution >= 4 is 21.5 Å². The van der Waals surface area contributed by atoms with Crippen LogP contribution in [-0.2, 0) is 37.0 Å². The topological polar surface area (TPSA) is 0 Å². The molecule has 1 heteroatoms. The summed E-state index contributed by atoms with van der Waals surface area (Å²) in [7, 11) is 0. The quantitative estimate of drug-likeness (QED) is 0.268. The summed E-state index contributed by atoms with van der Waals surface area (Å²) in [6, 6.07) is 16.1. The average molecular weight is 504 g/mol. The van der Waals surface area contributed by atoms with Crippen molar-refractivity contribution in [2.24, 2.45) is 11.3 Å². The minimum Gasteiger partial charge on any atom is -0.270 e. The fourth-order valence-electron chi connectivity index (χ4n) is 3.98. The summed E-state index contributed by atoms with van der Waals surface area (Å²) in [5.41, 5.74) is 4.92. The summed E-state index contributed by atoms with van der Waals surface area (Å²) in [5.74, 6) is 0.522. The van der Waals surface area contributed by atoms with Gasteiger partial charge in [0.2, 0.25) is 0 Å². The first kappa shape index (κ1) is 26.9. The summed E-state index contributed by atoms with van der Waals surface area (Å²) in [6.45, 7) is 22.5. The van der Waals surface area contributed by atoms with E-state index in [0.717, 1.165) is 0 Å². The molecule has 0 nitrogen and oxygen atoms in total. The third-order valence-corrected chi connectivity index (χ3v) is 6.24. The van der Waals surface area contributed by atoms with Crippen molar-refractivity contribution < 1.29 is 26.2 Å². The Morgan fingerprint density at radius 2 is 1.12 bits per heavy atom. The number of rotatable bonds is 0. The molecule has 0 amide bonds. The van der Waals surface area contributed by atoms with Crippen LogP contribution in [0.25, 0.3) is 21.5 Å². The molecule has 0 aromatic heterocycles. The second-order valence-electron chi connectivity index (χ2n) is 12.2. The summed E-state index contributed by atoms with van der Waals surface area (Å²) in [6.07, 6.45) is 7.65. The van der Waals surface area contributed by atoms with Gasteiger partial charge < -0.3 is 0 Å². The van der Waals surface area contributed by atoms with Crippen LogP contribution in [-0.4, -0.2) is 0 Å². The standard InChI is InChI=1S/C21H25.C10H15.Zr/c1-20(2,3)16-9-7-14-11-15-8-10-17(21(4,5)6)13-19(15)18(14)12-16;1-8-5-6-9(7-8)10(2,3)4;/h7-13H,1-6H3;6-8H,1-4H3;/q2*-1;+2. The van der Waals surface area contributed by atoms with Gasteiger partial charge in [-0.1, -0.05) is 116 Å². The minimum absolute atomic E-state index is 0. The van der Waals surface area contributed by atoms with Gasteiger partial charge in [-0.2, -0.15) is 11.6 Å². The molecule has 3 aromatic carbocycles. The number of hydrogen-bond donors (Lipinski definition) is 0. The predicted molar refractivity (Wildman–Crippen MR) is 139 cm³/mol. The Bertz CT molecular complexity index is 1060. The van der Waals surface area contributed by atoms with Crippen molar-refractivity contribution in [1.82, 2.24) is 0 Å². The molecular formula is C31H40Zr. The van der Waals surface area contributed by atoms with E-state index in [-0.39, 0.29) is 37.0 Å². The van der Waals surface area contributed by atoms with Gasteiger partial charge in [0.25, 0.3) is 0 Å².